The summed E-state index contributed by atoms with van der Waals surface area (Å²) < 4.78 is 0. The molecule has 0 fully saturated rings. The van der Waals surface area contributed by atoms with Crippen molar-refractivity contribution in [2.24, 2.45) is 0 Å². The van der Waals surface area contributed by atoms with E-state index in [-0.39, 0.29) is 5.91 Å². The Hall–Kier alpha value is -3.12. The maximum Gasteiger partial charge on any atom is 0.255 e. The summed E-state index contributed by atoms with van der Waals surface area (Å²) in [6.07, 6.45) is 0. The molecule has 0 saturated carbocycles. The number of hydrogen-bond acceptors (Lipinski definition) is 5. The van der Waals surface area contributed by atoms with Crippen LogP contribution in [0, 0.1) is 6.92 Å². The summed E-state index contributed by atoms with van der Waals surface area (Å²) in [6, 6.07) is 16.0. The van der Waals surface area contributed by atoms with Crippen LogP contribution in [0.15, 0.2) is 54.6 Å². The topological polar surface area (TPSA) is 78.9 Å². The Labute approximate surface area is 163 Å². The number of carbonyl (C=O) groups is 1. The molecular weight excluding hydrogens is 362 g/mol. The smallest absolute Gasteiger partial charge is 0.255 e. The molecule has 0 radical (unpaired) electrons. The van der Waals surface area contributed by atoms with Crippen molar-refractivity contribution >= 4 is 40.6 Å². The highest BCUT2D eigenvalue weighted by molar-refractivity contribution is 6.30. The Morgan fingerprint density at radius 1 is 1.00 bits per heavy atom. The van der Waals surface area contributed by atoms with Gasteiger partial charge in [-0.3, -0.25) is 4.79 Å². The normalized spacial score (nSPS) is 10.3. The molecule has 27 heavy (non-hydrogen) atoms. The zero-order chi connectivity index (χ0) is 19.2. The van der Waals surface area contributed by atoms with Crippen LogP contribution in [0.2, 0.25) is 5.02 Å². The zero-order valence-electron chi connectivity index (χ0n) is 15.1. The molecule has 0 spiro atoms. The van der Waals surface area contributed by atoms with Gasteiger partial charge >= 0.3 is 0 Å². The average molecular weight is 382 g/mol. The van der Waals surface area contributed by atoms with Gasteiger partial charge in [0.1, 0.15) is 5.82 Å². The minimum atomic E-state index is -0.186. The molecule has 1 aromatic heterocycles. The van der Waals surface area contributed by atoms with E-state index in [4.69, 9.17) is 11.6 Å². The van der Waals surface area contributed by atoms with E-state index < -0.39 is 0 Å². The number of carbonyl (C=O) groups excluding carboxylic acids is 1. The first-order valence-electron chi connectivity index (χ1n) is 8.57. The van der Waals surface area contributed by atoms with Gasteiger partial charge in [0, 0.05) is 40.3 Å². The fraction of sp³-hybridized carbons (Fsp3) is 0.150. The summed E-state index contributed by atoms with van der Waals surface area (Å²) in [5.41, 5.74) is 2.98. The number of anilines is 4. The Kier molecular flexibility index (Phi) is 5.88. The number of halogens is 1. The molecule has 1 amide bonds. The molecule has 0 atom stereocenters. The first kappa shape index (κ1) is 18.7. The van der Waals surface area contributed by atoms with E-state index in [0.717, 1.165) is 17.9 Å². The number of aromatic nitrogens is 2. The lowest BCUT2D eigenvalue weighted by molar-refractivity contribution is 0.102. The molecule has 3 aromatic rings. The first-order chi connectivity index (χ1) is 13.0. The second-order valence-electron chi connectivity index (χ2n) is 5.91. The maximum absolute atomic E-state index is 12.2. The second kappa shape index (κ2) is 8.51. The van der Waals surface area contributed by atoms with Crippen LogP contribution in [-0.2, 0) is 0 Å². The monoisotopic (exact) mass is 381 g/mol. The minimum absolute atomic E-state index is 0.186. The highest BCUT2D eigenvalue weighted by Crippen LogP contribution is 2.20. The Balaban J connectivity index is 1.67. The predicted molar refractivity (Wildman–Crippen MR) is 110 cm³/mol. The van der Waals surface area contributed by atoms with E-state index in [1.54, 1.807) is 24.3 Å². The van der Waals surface area contributed by atoms with Crippen molar-refractivity contribution in [1.82, 2.24) is 9.97 Å². The molecule has 7 heteroatoms. The van der Waals surface area contributed by atoms with E-state index in [1.165, 1.54) is 0 Å². The van der Waals surface area contributed by atoms with Crippen LogP contribution in [0.25, 0.3) is 0 Å². The third-order valence-corrected chi connectivity index (χ3v) is 3.96. The van der Waals surface area contributed by atoms with Gasteiger partial charge in [0.15, 0.2) is 0 Å². The third-order valence-electron chi connectivity index (χ3n) is 3.71. The molecule has 0 bridgehead atoms. The van der Waals surface area contributed by atoms with Crippen LogP contribution in [0.4, 0.5) is 23.1 Å². The Morgan fingerprint density at radius 3 is 2.33 bits per heavy atom. The van der Waals surface area contributed by atoms with Gasteiger partial charge < -0.3 is 16.0 Å². The summed E-state index contributed by atoms with van der Waals surface area (Å²) in [6.45, 7) is 4.67. The number of rotatable bonds is 6. The number of hydrogen-bond donors (Lipinski definition) is 3. The summed E-state index contributed by atoms with van der Waals surface area (Å²) in [7, 11) is 0. The highest BCUT2D eigenvalue weighted by atomic mass is 35.5. The lowest BCUT2D eigenvalue weighted by Crippen LogP contribution is -2.11. The van der Waals surface area contributed by atoms with Crippen molar-refractivity contribution in [3.63, 3.8) is 0 Å². The van der Waals surface area contributed by atoms with Crippen molar-refractivity contribution in [3.8, 4) is 0 Å². The van der Waals surface area contributed by atoms with Gasteiger partial charge in [0.25, 0.3) is 5.91 Å². The molecule has 0 aliphatic carbocycles. The number of benzene rings is 2. The first-order valence-corrected chi connectivity index (χ1v) is 8.95. The van der Waals surface area contributed by atoms with Crippen LogP contribution >= 0.6 is 11.6 Å². The molecule has 0 aliphatic rings. The SMILES string of the molecule is CCNc1nc(C)cc(Nc2ccc(NC(=O)c3ccc(Cl)cc3)cc2)n1. The number of nitrogens with zero attached hydrogens (tertiary/aromatic N) is 2. The lowest BCUT2D eigenvalue weighted by atomic mass is 10.2. The van der Waals surface area contributed by atoms with E-state index in [1.807, 2.05) is 44.2 Å². The van der Waals surface area contributed by atoms with Crippen molar-refractivity contribution in [2.75, 3.05) is 22.5 Å². The molecule has 0 saturated heterocycles. The standard InChI is InChI=1S/C20H20ClN5O/c1-3-22-20-23-13(2)12-18(26-20)24-16-8-10-17(11-9-16)25-19(27)14-4-6-15(21)7-5-14/h4-12H,3H2,1-2H3,(H,25,27)(H2,22,23,24,26). The van der Waals surface area contributed by atoms with E-state index in [9.17, 15) is 4.79 Å². The van der Waals surface area contributed by atoms with Crippen LogP contribution in [0.1, 0.15) is 23.0 Å². The quantitative estimate of drug-likeness (QED) is 0.568. The van der Waals surface area contributed by atoms with Crippen LogP contribution in [0.5, 0.6) is 0 Å². The molecule has 3 N–H and O–H groups in total. The van der Waals surface area contributed by atoms with Crippen molar-refractivity contribution in [3.05, 3.63) is 70.9 Å². The minimum Gasteiger partial charge on any atom is -0.354 e. The van der Waals surface area contributed by atoms with Gasteiger partial charge in [-0.1, -0.05) is 11.6 Å². The van der Waals surface area contributed by atoms with Crippen LogP contribution in [0.3, 0.4) is 0 Å². The van der Waals surface area contributed by atoms with Crippen molar-refractivity contribution in [2.45, 2.75) is 13.8 Å². The fourth-order valence-electron chi connectivity index (χ4n) is 2.46. The maximum atomic E-state index is 12.2. The van der Waals surface area contributed by atoms with E-state index in [2.05, 4.69) is 25.9 Å². The Bertz CT molecular complexity index is 926. The largest absolute Gasteiger partial charge is 0.354 e. The molecule has 0 unspecified atom stereocenters. The van der Waals surface area contributed by atoms with Crippen LogP contribution in [-0.4, -0.2) is 22.4 Å². The van der Waals surface area contributed by atoms with Crippen molar-refractivity contribution < 1.29 is 4.79 Å². The molecule has 0 aliphatic heterocycles. The van der Waals surface area contributed by atoms with Gasteiger partial charge in [0.05, 0.1) is 0 Å². The summed E-state index contributed by atoms with van der Waals surface area (Å²) in [5, 5.41) is 9.80. The van der Waals surface area contributed by atoms with Gasteiger partial charge in [0.2, 0.25) is 5.95 Å². The van der Waals surface area contributed by atoms with Gasteiger partial charge in [-0.2, -0.15) is 4.98 Å². The number of amides is 1. The van der Waals surface area contributed by atoms with E-state index >= 15 is 0 Å². The predicted octanol–water partition coefficient (Wildman–Crippen LogP) is 4.87. The lowest BCUT2D eigenvalue weighted by Gasteiger charge is -2.10. The molecule has 138 valence electrons. The van der Waals surface area contributed by atoms with Gasteiger partial charge in [-0.25, -0.2) is 4.98 Å². The van der Waals surface area contributed by atoms with Gasteiger partial charge in [-0.05, 0) is 62.4 Å². The second-order valence-corrected chi connectivity index (χ2v) is 6.35. The van der Waals surface area contributed by atoms with Gasteiger partial charge in [-0.15, -0.1) is 0 Å². The number of aryl methyl sites for hydroxylation is 1. The zero-order valence-corrected chi connectivity index (χ0v) is 15.8. The molecule has 1 heterocycles. The summed E-state index contributed by atoms with van der Waals surface area (Å²) in [4.78, 5) is 21.0. The number of nitrogens with one attached hydrogen (secondary N) is 3. The highest BCUT2D eigenvalue weighted by Gasteiger charge is 2.06. The Morgan fingerprint density at radius 2 is 1.67 bits per heavy atom. The van der Waals surface area contributed by atoms with Crippen molar-refractivity contribution in [1.29, 1.82) is 0 Å². The summed E-state index contributed by atoms with van der Waals surface area (Å²) >= 11 is 5.85. The average Bonchev–Trinajstić information content (AvgIpc) is 2.64. The molecule has 3 rings (SSSR count). The van der Waals surface area contributed by atoms with E-state index in [0.29, 0.717) is 28.0 Å². The fourth-order valence-corrected chi connectivity index (χ4v) is 2.59. The third kappa shape index (κ3) is 5.18. The summed E-state index contributed by atoms with van der Waals surface area (Å²) in [5.74, 6) is 1.11. The molecular formula is C20H20ClN5O. The molecule has 2 aromatic carbocycles. The van der Waals surface area contributed by atoms with Crippen LogP contribution < -0.4 is 16.0 Å². The molecule has 6 nitrogen and oxygen atoms in total.